The van der Waals surface area contributed by atoms with Gasteiger partial charge in [0.05, 0.1) is 22.9 Å². The summed E-state index contributed by atoms with van der Waals surface area (Å²) < 4.78 is 5.34. The van der Waals surface area contributed by atoms with Gasteiger partial charge in [0.1, 0.15) is 11.1 Å². The van der Waals surface area contributed by atoms with Crippen molar-refractivity contribution in [3.63, 3.8) is 0 Å². The normalized spacial score (nSPS) is 13.0. The Hall–Kier alpha value is -1.51. The molecule has 0 aliphatic carbocycles. The van der Waals surface area contributed by atoms with E-state index < -0.39 is 0 Å². The minimum absolute atomic E-state index is 0.0343. The number of nitrogens with zero attached hydrogens (tertiary/aromatic N) is 4. The number of ether oxygens (including phenoxy) is 1. The van der Waals surface area contributed by atoms with Crippen LogP contribution in [0.1, 0.15) is 48.3 Å². The maximum absolute atomic E-state index is 5.34. The predicted molar refractivity (Wildman–Crippen MR) is 110 cm³/mol. The first kappa shape index (κ1) is 20.8. The van der Waals surface area contributed by atoms with Gasteiger partial charge in [-0.15, -0.1) is 22.7 Å². The van der Waals surface area contributed by atoms with E-state index in [9.17, 15) is 0 Å². The minimum Gasteiger partial charge on any atom is -0.375 e. The van der Waals surface area contributed by atoms with Gasteiger partial charge in [-0.2, -0.15) is 0 Å². The number of hydrogen-bond donors (Lipinski definition) is 1. The topological polar surface area (TPSA) is 62.6 Å². The van der Waals surface area contributed by atoms with Gasteiger partial charge in [0.25, 0.3) is 0 Å². The van der Waals surface area contributed by atoms with E-state index >= 15 is 0 Å². The van der Waals surface area contributed by atoms with Crippen molar-refractivity contribution < 1.29 is 4.74 Å². The summed E-state index contributed by atoms with van der Waals surface area (Å²) in [5.41, 5.74) is 2.17. The van der Waals surface area contributed by atoms with Gasteiger partial charge in [-0.1, -0.05) is 6.92 Å². The SMILES string of the molecule is CCNC(=NCCc1csc(CC)n1)N(C)Cc1csc(C(C)OC)n1. The monoisotopic (exact) mass is 395 g/mol. The van der Waals surface area contributed by atoms with Crippen molar-refractivity contribution in [3.05, 3.63) is 32.2 Å². The maximum Gasteiger partial charge on any atom is 0.194 e. The van der Waals surface area contributed by atoms with E-state index in [0.717, 1.165) is 54.8 Å². The van der Waals surface area contributed by atoms with Crippen LogP contribution in [0.3, 0.4) is 0 Å². The number of aliphatic imine (C=N–C) groups is 1. The van der Waals surface area contributed by atoms with Crippen LogP contribution in [-0.2, 0) is 24.1 Å². The minimum atomic E-state index is 0.0343. The highest BCUT2D eigenvalue weighted by Crippen LogP contribution is 2.21. The molecule has 8 heteroatoms. The number of nitrogens with one attached hydrogen (secondary N) is 1. The molecule has 2 aromatic heterocycles. The molecule has 1 N–H and O–H groups in total. The maximum atomic E-state index is 5.34. The smallest absolute Gasteiger partial charge is 0.194 e. The zero-order valence-electron chi connectivity index (χ0n) is 16.3. The lowest BCUT2D eigenvalue weighted by atomic mass is 10.3. The Morgan fingerprint density at radius 3 is 2.69 bits per heavy atom. The second kappa shape index (κ2) is 10.6. The van der Waals surface area contributed by atoms with E-state index in [1.165, 1.54) is 5.01 Å². The molecule has 0 saturated heterocycles. The largest absolute Gasteiger partial charge is 0.375 e. The van der Waals surface area contributed by atoms with Crippen LogP contribution < -0.4 is 5.32 Å². The molecule has 0 spiro atoms. The first-order valence-electron chi connectivity index (χ1n) is 8.97. The number of hydrogen-bond acceptors (Lipinski definition) is 6. The van der Waals surface area contributed by atoms with Crippen LogP contribution in [0.5, 0.6) is 0 Å². The van der Waals surface area contributed by atoms with Crippen molar-refractivity contribution in [1.29, 1.82) is 0 Å². The summed E-state index contributed by atoms with van der Waals surface area (Å²) in [7, 11) is 3.75. The van der Waals surface area contributed by atoms with Gasteiger partial charge in [-0.25, -0.2) is 9.97 Å². The standard InChI is InChI=1S/C18H29N5OS2/c1-6-16-21-14(11-25-16)8-9-20-18(19-7-2)23(4)10-15-12-26-17(22-15)13(3)24-5/h11-13H,6-10H2,1-5H3,(H,19,20). The summed E-state index contributed by atoms with van der Waals surface area (Å²) in [5.74, 6) is 0.896. The Morgan fingerprint density at radius 2 is 2.04 bits per heavy atom. The highest BCUT2D eigenvalue weighted by Gasteiger charge is 2.12. The lowest BCUT2D eigenvalue weighted by molar-refractivity contribution is 0.119. The number of guanidine groups is 1. The average molecular weight is 396 g/mol. The molecule has 2 rings (SSSR count). The van der Waals surface area contributed by atoms with Gasteiger partial charge in [0.15, 0.2) is 5.96 Å². The molecule has 2 aromatic rings. The third-order valence-electron chi connectivity index (χ3n) is 3.90. The molecule has 1 unspecified atom stereocenters. The molecule has 2 heterocycles. The zero-order valence-corrected chi connectivity index (χ0v) is 17.9. The number of rotatable bonds is 9. The van der Waals surface area contributed by atoms with E-state index in [1.54, 1.807) is 29.8 Å². The van der Waals surface area contributed by atoms with Crippen molar-refractivity contribution in [2.24, 2.45) is 4.99 Å². The molecule has 144 valence electrons. The molecule has 26 heavy (non-hydrogen) atoms. The molecular weight excluding hydrogens is 366 g/mol. The molecule has 0 bridgehead atoms. The van der Waals surface area contributed by atoms with Crippen molar-refractivity contribution in [2.45, 2.75) is 46.3 Å². The fraction of sp³-hybridized carbons (Fsp3) is 0.611. The van der Waals surface area contributed by atoms with Gasteiger partial charge in [0, 0.05) is 44.4 Å². The van der Waals surface area contributed by atoms with Crippen LogP contribution in [0.15, 0.2) is 15.8 Å². The van der Waals surface area contributed by atoms with Gasteiger partial charge in [0.2, 0.25) is 0 Å². The molecule has 1 atom stereocenters. The van der Waals surface area contributed by atoms with Crippen LogP contribution in [0.25, 0.3) is 0 Å². The fourth-order valence-electron chi connectivity index (χ4n) is 2.37. The van der Waals surface area contributed by atoms with Crippen molar-refractivity contribution in [3.8, 4) is 0 Å². The predicted octanol–water partition coefficient (Wildman–Crippen LogP) is 3.51. The molecule has 0 amide bonds. The van der Waals surface area contributed by atoms with E-state index in [2.05, 4.69) is 44.8 Å². The lowest BCUT2D eigenvalue weighted by Gasteiger charge is -2.21. The van der Waals surface area contributed by atoms with Crippen LogP contribution in [0, 0.1) is 0 Å². The van der Waals surface area contributed by atoms with Gasteiger partial charge < -0.3 is 15.0 Å². The van der Waals surface area contributed by atoms with E-state index in [0.29, 0.717) is 0 Å². The van der Waals surface area contributed by atoms with E-state index in [4.69, 9.17) is 9.73 Å². The molecule has 0 aliphatic rings. The first-order chi connectivity index (χ1) is 12.6. The Morgan fingerprint density at radius 1 is 1.27 bits per heavy atom. The average Bonchev–Trinajstić information content (AvgIpc) is 3.29. The van der Waals surface area contributed by atoms with Crippen LogP contribution in [0.4, 0.5) is 0 Å². The summed E-state index contributed by atoms with van der Waals surface area (Å²) in [6.45, 7) is 8.51. The summed E-state index contributed by atoms with van der Waals surface area (Å²) >= 11 is 3.37. The Kier molecular flexibility index (Phi) is 8.47. The third kappa shape index (κ3) is 6.03. The second-order valence-corrected chi connectivity index (χ2v) is 7.82. The number of methoxy groups -OCH3 is 1. The van der Waals surface area contributed by atoms with Crippen LogP contribution >= 0.6 is 22.7 Å². The molecule has 6 nitrogen and oxygen atoms in total. The number of aromatic nitrogens is 2. The van der Waals surface area contributed by atoms with Gasteiger partial charge in [-0.3, -0.25) is 4.99 Å². The highest BCUT2D eigenvalue weighted by molar-refractivity contribution is 7.10. The molecule has 0 radical (unpaired) electrons. The Bertz CT molecular complexity index is 697. The van der Waals surface area contributed by atoms with E-state index in [1.807, 2.05) is 14.0 Å². The molecular formula is C18H29N5OS2. The van der Waals surface area contributed by atoms with E-state index in [-0.39, 0.29) is 6.10 Å². The molecule has 0 fully saturated rings. The van der Waals surface area contributed by atoms with Gasteiger partial charge in [-0.05, 0) is 20.3 Å². The quantitative estimate of drug-likeness (QED) is 0.520. The van der Waals surface area contributed by atoms with Crippen LogP contribution in [0.2, 0.25) is 0 Å². The number of aryl methyl sites for hydroxylation is 1. The second-order valence-electron chi connectivity index (χ2n) is 5.98. The van der Waals surface area contributed by atoms with Crippen molar-refractivity contribution in [2.75, 3.05) is 27.2 Å². The Balaban J connectivity index is 1.94. The first-order valence-corrected chi connectivity index (χ1v) is 10.7. The summed E-state index contributed by atoms with van der Waals surface area (Å²) in [4.78, 5) is 16.1. The Labute approximate surface area is 164 Å². The zero-order chi connectivity index (χ0) is 18.9. The third-order valence-corrected chi connectivity index (χ3v) is 5.99. The van der Waals surface area contributed by atoms with Crippen molar-refractivity contribution in [1.82, 2.24) is 20.2 Å². The van der Waals surface area contributed by atoms with Crippen LogP contribution in [-0.4, -0.2) is 48.1 Å². The molecule has 0 aliphatic heterocycles. The summed E-state index contributed by atoms with van der Waals surface area (Å²) in [6, 6.07) is 0. The fourth-order valence-corrected chi connectivity index (χ4v) is 3.99. The molecule has 0 saturated carbocycles. The molecule has 0 aromatic carbocycles. The summed E-state index contributed by atoms with van der Waals surface area (Å²) in [5, 5.41) is 9.78. The highest BCUT2D eigenvalue weighted by atomic mass is 32.1. The summed E-state index contributed by atoms with van der Waals surface area (Å²) in [6.07, 6.45) is 1.90. The lowest BCUT2D eigenvalue weighted by Crippen LogP contribution is -2.38. The van der Waals surface area contributed by atoms with Crippen molar-refractivity contribution >= 4 is 28.6 Å². The number of thiazole rings is 2. The van der Waals surface area contributed by atoms with Gasteiger partial charge >= 0.3 is 0 Å².